The Balaban J connectivity index is 1.98. The molecule has 0 atom stereocenters. The highest BCUT2D eigenvalue weighted by atomic mass is 16.5. The zero-order valence-corrected chi connectivity index (χ0v) is 12.6. The fraction of sp³-hybridized carbons (Fsp3) is 0.438. The third-order valence-electron chi connectivity index (χ3n) is 3.73. The number of rotatable bonds is 4. The first-order valence-corrected chi connectivity index (χ1v) is 7.22. The summed E-state index contributed by atoms with van der Waals surface area (Å²) in [6.45, 7) is 3.55. The molecule has 1 aromatic carbocycles. The number of hydrogen-bond donors (Lipinski definition) is 0. The summed E-state index contributed by atoms with van der Waals surface area (Å²) in [4.78, 5) is 28.0. The van der Waals surface area contributed by atoms with Crippen LogP contribution >= 0.6 is 0 Å². The number of nitriles is 1. The van der Waals surface area contributed by atoms with Crippen molar-refractivity contribution in [2.75, 3.05) is 39.8 Å². The standard InChI is InChI=1S/C16H19N3O3/c1-22-16(21)14-5-2-4-13(12-14)15(20)19-10-8-18(9-11-19)7-3-6-17/h2,4-5,12H,3,7-11H2,1H3. The Morgan fingerprint density at radius 3 is 2.55 bits per heavy atom. The maximum absolute atomic E-state index is 12.5. The van der Waals surface area contributed by atoms with Crippen molar-refractivity contribution in [2.45, 2.75) is 6.42 Å². The lowest BCUT2D eigenvalue weighted by molar-refractivity contribution is 0.0600. The van der Waals surface area contributed by atoms with Gasteiger partial charge in [0.1, 0.15) is 0 Å². The summed E-state index contributed by atoms with van der Waals surface area (Å²) < 4.78 is 4.67. The average Bonchev–Trinajstić information content (AvgIpc) is 2.59. The molecule has 116 valence electrons. The molecule has 1 aromatic rings. The van der Waals surface area contributed by atoms with Gasteiger partial charge in [0.2, 0.25) is 0 Å². The smallest absolute Gasteiger partial charge is 0.337 e. The zero-order chi connectivity index (χ0) is 15.9. The van der Waals surface area contributed by atoms with Crippen LogP contribution in [-0.4, -0.2) is 61.5 Å². The van der Waals surface area contributed by atoms with Gasteiger partial charge in [0.25, 0.3) is 5.91 Å². The first-order valence-electron chi connectivity index (χ1n) is 7.22. The summed E-state index contributed by atoms with van der Waals surface area (Å²) in [6, 6.07) is 8.71. The summed E-state index contributed by atoms with van der Waals surface area (Å²) >= 11 is 0. The van der Waals surface area contributed by atoms with E-state index in [1.165, 1.54) is 7.11 Å². The van der Waals surface area contributed by atoms with Crippen LogP contribution in [0.3, 0.4) is 0 Å². The fourth-order valence-corrected chi connectivity index (χ4v) is 2.46. The minimum Gasteiger partial charge on any atom is -0.465 e. The van der Waals surface area contributed by atoms with Gasteiger partial charge in [0, 0.05) is 44.7 Å². The number of ether oxygens (including phenoxy) is 1. The van der Waals surface area contributed by atoms with E-state index in [1.54, 1.807) is 29.2 Å². The maximum atomic E-state index is 12.5. The van der Waals surface area contributed by atoms with Crippen LogP contribution in [0.15, 0.2) is 24.3 Å². The fourth-order valence-electron chi connectivity index (χ4n) is 2.46. The lowest BCUT2D eigenvalue weighted by Gasteiger charge is -2.34. The summed E-state index contributed by atoms with van der Waals surface area (Å²) in [7, 11) is 1.32. The molecule has 0 N–H and O–H groups in total. The number of amides is 1. The molecular formula is C16H19N3O3. The highest BCUT2D eigenvalue weighted by molar-refractivity contribution is 5.97. The van der Waals surface area contributed by atoms with Crippen LogP contribution in [0.2, 0.25) is 0 Å². The van der Waals surface area contributed by atoms with E-state index in [0.29, 0.717) is 30.6 Å². The van der Waals surface area contributed by atoms with Crippen LogP contribution in [0.1, 0.15) is 27.1 Å². The van der Waals surface area contributed by atoms with E-state index in [2.05, 4.69) is 15.7 Å². The normalized spacial score (nSPS) is 15.2. The van der Waals surface area contributed by atoms with Gasteiger partial charge in [-0.2, -0.15) is 5.26 Å². The van der Waals surface area contributed by atoms with Crippen molar-refractivity contribution in [3.8, 4) is 6.07 Å². The van der Waals surface area contributed by atoms with Crippen molar-refractivity contribution in [3.05, 3.63) is 35.4 Å². The van der Waals surface area contributed by atoms with E-state index in [0.717, 1.165) is 19.6 Å². The molecule has 6 heteroatoms. The molecule has 2 rings (SSSR count). The third-order valence-corrected chi connectivity index (χ3v) is 3.73. The van der Waals surface area contributed by atoms with Crippen molar-refractivity contribution >= 4 is 11.9 Å². The molecule has 1 heterocycles. The summed E-state index contributed by atoms with van der Waals surface area (Å²) in [5.41, 5.74) is 0.870. The van der Waals surface area contributed by atoms with Crippen LogP contribution in [0.4, 0.5) is 0 Å². The Morgan fingerprint density at radius 1 is 1.23 bits per heavy atom. The summed E-state index contributed by atoms with van der Waals surface area (Å²) in [5, 5.41) is 8.60. The number of piperazine rings is 1. The van der Waals surface area contributed by atoms with E-state index in [4.69, 9.17) is 5.26 Å². The van der Waals surface area contributed by atoms with Gasteiger partial charge >= 0.3 is 5.97 Å². The molecule has 0 radical (unpaired) electrons. The molecule has 1 amide bonds. The highest BCUT2D eigenvalue weighted by Crippen LogP contribution is 2.12. The van der Waals surface area contributed by atoms with Crippen molar-refractivity contribution in [3.63, 3.8) is 0 Å². The van der Waals surface area contributed by atoms with Gasteiger partial charge in [0.15, 0.2) is 0 Å². The topological polar surface area (TPSA) is 73.6 Å². The Hall–Kier alpha value is -2.39. The molecule has 0 aliphatic carbocycles. The van der Waals surface area contributed by atoms with Crippen molar-refractivity contribution in [1.29, 1.82) is 5.26 Å². The molecule has 6 nitrogen and oxygen atoms in total. The second-order valence-corrected chi connectivity index (χ2v) is 5.11. The predicted octanol–water partition coefficient (Wildman–Crippen LogP) is 1.14. The van der Waals surface area contributed by atoms with E-state index in [1.807, 2.05) is 0 Å². The number of esters is 1. The SMILES string of the molecule is COC(=O)c1cccc(C(=O)N2CCN(CCC#N)CC2)c1. The molecule has 22 heavy (non-hydrogen) atoms. The molecule has 1 aliphatic heterocycles. The third kappa shape index (κ3) is 3.83. The Bertz CT molecular complexity index is 587. The van der Waals surface area contributed by atoms with Crippen LogP contribution in [0.5, 0.6) is 0 Å². The van der Waals surface area contributed by atoms with Gasteiger partial charge in [-0.15, -0.1) is 0 Å². The number of methoxy groups -OCH3 is 1. The Morgan fingerprint density at radius 2 is 1.91 bits per heavy atom. The van der Waals surface area contributed by atoms with Crippen LogP contribution in [0.25, 0.3) is 0 Å². The van der Waals surface area contributed by atoms with Gasteiger partial charge in [-0.25, -0.2) is 4.79 Å². The van der Waals surface area contributed by atoms with Crippen LogP contribution in [0, 0.1) is 11.3 Å². The lowest BCUT2D eigenvalue weighted by atomic mass is 10.1. The van der Waals surface area contributed by atoms with Crippen LogP contribution < -0.4 is 0 Å². The molecule has 1 aliphatic rings. The maximum Gasteiger partial charge on any atom is 0.337 e. The molecule has 0 spiro atoms. The predicted molar refractivity (Wildman–Crippen MR) is 80.4 cm³/mol. The van der Waals surface area contributed by atoms with Crippen LogP contribution in [-0.2, 0) is 4.74 Å². The molecule has 0 unspecified atom stereocenters. The van der Waals surface area contributed by atoms with Gasteiger partial charge in [-0.1, -0.05) is 6.07 Å². The number of nitrogens with zero attached hydrogens (tertiary/aromatic N) is 3. The number of hydrogen-bond acceptors (Lipinski definition) is 5. The lowest BCUT2D eigenvalue weighted by Crippen LogP contribution is -2.48. The Labute approximate surface area is 129 Å². The monoisotopic (exact) mass is 301 g/mol. The molecule has 1 saturated heterocycles. The van der Waals surface area contributed by atoms with Gasteiger partial charge in [-0.05, 0) is 18.2 Å². The van der Waals surface area contributed by atoms with E-state index >= 15 is 0 Å². The number of carbonyl (C=O) groups is 2. The summed E-state index contributed by atoms with van der Waals surface area (Å²) in [5.74, 6) is -0.526. The first kappa shape index (κ1) is 16.0. The van der Waals surface area contributed by atoms with Gasteiger partial charge < -0.3 is 9.64 Å². The average molecular weight is 301 g/mol. The van der Waals surface area contributed by atoms with E-state index < -0.39 is 5.97 Å². The van der Waals surface area contributed by atoms with Crippen molar-refractivity contribution in [2.24, 2.45) is 0 Å². The molecule has 0 bridgehead atoms. The van der Waals surface area contributed by atoms with E-state index in [9.17, 15) is 9.59 Å². The summed E-state index contributed by atoms with van der Waals surface area (Å²) in [6.07, 6.45) is 0.509. The van der Waals surface area contributed by atoms with Crippen molar-refractivity contribution in [1.82, 2.24) is 9.80 Å². The minimum absolute atomic E-state index is 0.0781. The number of benzene rings is 1. The molecular weight excluding hydrogens is 282 g/mol. The molecule has 0 aromatic heterocycles. The number of carbonyl (C=O) groups excluding carboxylic acids is 2. The van der Waals surface area contributed by atoms with E-state index in [-0.39, 0.29) is 5.91 Å². The molecule has 1 fully saturated rings. The highest BCUT2D eigenvalue weighted by Gasteiger charge is 2.22. The zero-order valence-electron chi connectivity index (χ0n) is 12.6. The minimum atomic E-state index is -0.448. The Kier molecular flexibility index (Phi) is 5.50. The van der Waals surface area contributed by atoms with Crippen molar-refractivity contribution < 1.29 is 14.3 Å². The van der Waals surface area contributed by atoms with Gasteiger partial charge in [0.05, 0.1) is 18.7 Å². The quantitative estimate of drug-likeness (QED) is 0.780. The second kappa shape index (κ2) is 7.57. The second-order valence-electron chi connectivity index (χ2n) is 5.11. The van der Waals surface area contributed by atoms with Gasteiger partial charge in [-0.3, -0.25) is 9.69 Å². The first-order chi connectivity index (χ1) is 10.7. The largest absolute Gasteiger partial charge is 0.465 e. The molecule has 0 saturated carbocycles.